The van der Waals surface area contributed by atoms with Crippen LogP contribution < -0.4 is 4.80 Å². The summed E-state index contributed by atoms with van der Waals surface area (Å²) >= 11 is 1.08. The predicted molar refractivity (Wildman–Crippen MR) is 96.3 cm³/mol. The van der Waals surface area contributed by atoms with Crippen LogP contribution in [0.3, 0.4) is 0 Å². The molecule has 0 saturated carbocycles. The molecule has 140 valence electrons. The molecule has 0 spiro atoms. The lowest BCUT2D eigenvalue weighted by atomic mass is 10.3. The fraction of sp³-hybridized carbons (Fsp3) is 0.250. The van der Waals surface area contributed by atoms with E-state index >= 15 is 0 Å². The van der Waals surface area contributed by atoms with E-state index in [1.807, 2.05) is 0 Å². The van der Waals surface area contributed by atoms with Gasteiger partial charge in [0.05, 0.1) is 28.4 Å². The Morgan fingerprint density at radius 1 is 1.41 bits per heavy atom. The van der Waals surface area contributed by atoms with E-state index < -0.39 is 16.8 Å². The average Bonchev–Trinajstić information content (AvgIpc) is 3.13. The van der Waals surface area contributed by atoms with Crippen molar-refractivity contribution >= 4 is 39.1 Å². The number of rotatable bonds is 4. The Morgan fingerprint density at radius 3 is 2.74 bits per heavy atom. The predicted octanol–water partition coefficient (Wildman–Crippen LogP) is 1.57. The molecule has 2 heterocycles. The molecule has 0 aliphatic heterocycles. The summed E-state index contributed by atoms with van der Waals surface area (Å²) in [4.78, 5) is 39.3. The van der Waals surface area contributed by atoms with Crippen molar-refractivity contribution in [3.63, 3.8) is 0 Å². The van der Waals surface area contributed by atoms with Crippen LogP contribution in [0.4, 0.5) is 5.69 Å². The van der Waals surface area contributed by atoms with Crippen LogP contribution in [0.15, 0.2) is 29.4 Å². The van der Waals surface area contributed by atoms with E-state index in [0.29, 0.717) is 21.5 Å². The molecule has 0 radical (unpaired) electrons. The molecule has 0 atom stereocenters. The molecule has 2 aromatic heterocycles. The van der Waals surface area contributed by atoms with Gasteiger partial charge in [-0.1, -0.05) is 11.3 Å². The van der Waals surface area contributed by atoms with Gasteiger partial charge in [-0.05, 0) is 13.0 Å². The molecule has 0 unspecified atom stereocenters. The Bertz CT molecular complexity index is 1120. The van der Waals surface area contributed by atoms with E-state index in [1.165, 1.54) is 34.6 Å². The van der Waals surface area contributed by atoms with Gasteiger partial charge in [0, 0.05) is 24.7 Å². The zero-order chi connectivity index (χ0) is 19.7. The SMILES string of the molecule is COC(=O)Cn1c(=NC(=O)c2c(C)cnn2C)sc2cc([N+](=O)[O-])ccc21. The maximum Gasteiger partial charge on any atom is 0.325 e. The second-order valence-electron chi connectivity index (χ2n) is 5.67. The number of aryl methyl sites for hydroxylation is 2. The lowest BCUT2D eigenvalue weighted by Crippen LogP contribution is -2.23. The van der Waals surface area contributed by atoms with Crippen molar-refractivity contribution in [2.45, 2.75) is 13.5 Å². The molecule has 0 bridgehead atoms. The number of methoxy groups -OCH3 is 1. The third kappa shape index (κ3) is 3.49. The van der Waals surface area contributed by atoms with Gasteiger partial charge in [-0.15, -0.1) is 0 Å². The topological polar surface area (TPSA) is 122 Å². The summed E-state index contributed by atoms with van der Waals surface area (Å²) < 4.78 is 8.15. The molecule has 1 amide bonds. The zero-order valence-corrected chi connectivity index (χ0v) is 15.5. The van der Waals surface area contributed by atoms with Crippen molar-refractivity contribution < 1.29 is 19.2 Å². The summed E-state index contributed by atoms with van der Waals surface area (Å²) in [5.41, 5.74) is 1.45. The molecule has 3 aromatic rings. The average molecular weight is 389 g/mol. The summed E-state index contributed by atoms with van der Waals surface area (Å²) in [6.45, 7) is 1.57. The summed E-state index contributed by atoms with van der Waals surface area (Å²) in [5, 5.41) is 15.0. The lowest BCUT2D eigenvalue weighted by Gasteiger charge is -2.03. The van der Waals surface area contributed by atoms with E-state index in [1.54, 1.807) is 20.2 Å². The van der Waals surface area contributed by atoms with Crippen LogP contribution in [-0.2, 0) is 23.1 Å². The number of fused-ring (bicyclic) bond motifs is 1. The second-order valence-corrected chi connectivity index (χ2v) is 6.68. The number of carbonyl (C=O) groups is 2. The van der Waals surface area contributed by atoms with Crippen molar-refractivity contribution in [3.8, 4) is 0 Å². The smallest absolute Gasteiger partial charge is 0.325 e. The van der Waals surface area contributed by atoms with Gasteiger partial charge in [0.1, 0.15) is 12.2 Å². The number of esters is 1. The van der Waals surface area contributed by atoms with Crippen molar-refractivity contribution in [2.75, 3.05) is 7.11 Å². The highest BCUT2D eigenvalue weighted by molar-refractivity contribution is 7.16. The van der Waals surface area contributed by atoms with Crippen LogP contribution in [0.5, 0.6) is 0 Å². The minimum atomic E-state index is -0.529. The highest BCUT2D eigenvalue weighted by Gasteiger charge is 2.17. The zero-order valence-electron chi connectivity index (χ0n) is 14.7. The van der Waals surface area contributed by atoms with Crippen LogP contribution in [0.2, 0.25) is 0 Å². The number of amides is 1. The molecular formula is C16H15N5O5S. The normalized spacial score (nSPS) is 11.7. The lowest BCUT2D eigenvalue weighted by molar-refractivity contribution is -0.384. The maximum atomic E-state index is 12.6. The molecule has 0 N–H and O–H groups in total. The van der Waals surface area contributed by atoms with Gasteiger partial charge >= 0.3 is 5.97 Å². The van der Waals surface area contributed by atoms with Crippen LogP contribution in [0.25, 0.3) is 10.2 Å². The van der Waals surface area contributed by atoms with E-state index in [9.17, 15) is 19.7 Å². The highest BCUT2D eigenvalue weighted by atomic mass is 32.1. The van der Waals surface area contributed by atoms with Gasteiger partial charge in [-0.2, -0.15) is 10.1 Å². The van der Waals surface area contributed by atoms with Gasteiger partial charge < -0.3 is 9.30 Å². The standard InChI is InChI=1S/C16H15N5O5S/c1-9-7-17-19(2)14(9)15(23)18-16-20(8-13(22)26-3)11-5-4-10(21(24)25)6-12(11)27-16/h4-7H,8H2,1-3H3. The molecule has 10 nitrogen and oxygen atoms in total. The Morgan fingerprint density at radius 2 is 2.15 bits per heavy atom. The Balaban J connectivity index is 2.20. The first kappa shape index (κ1) is 18.5. The molecule has 0 saturated heterocycles. The molecule has 3 rings (SSSR count). The number of carbonyl (C=O) groups excluding carboxylic acids is 2. The largest absolute Gasteiger partial charge is 0.468 e. The minimum absolute atomic E-state index is 0.0886. The van der Waals surface area contributed by atoms with Crippen LogP contribution >= 0.6 is 11.3 Å². The van der Waals surface area contributed by atoms with Gasteiger partial charge in [0.2, 0.25) is 0 Å². The van der Waals surface area contributed by atoms with Gasteiger partial charge in [0.15, 0.2) is 4.80 Å². The first-order valence-corrected chi connectivity index (χ1v) is 8.55. The number of aromatic nitrogens is 3. The minimum Gasteiger partial charge on any atom is -0.468 e. The summed E-state index contributed by atoms with van der Waals surface area (Å²) in [6, 6.07) is 4.23. The molecule has 27 heavy (non-hydrogen) atoms. The fourth-order valence-corrected chi connectivity index (χ4v) is 3.66. The number of nitrogens with zero attached hydrogens (tertiary/aromatic N) is 5. The third-order valence-electron chi connectivity index (χ3n) is 3.91. The Kier molecular flexibility index (Phi) is 4.86. The molecule has 0 aliphatic carbocycles. The molecular weight excluding hydrogens is 374 g/mol. The van der Waals surface area contributed by atoms with Gasteiger partial charge in [-0.3, -0.25) is 24.4 Å². The highest BCUT2D eigenvalue weighted by Crippen LogP contribution is 2.23. The van der Waals surface area contributed by atoms with Crippen molar-refractivity contribution in [1.82, 2.24) is 14.3 Å². The first-order valence-electron chi connectivity index (χ1n) is 7.74. The van der Waals surface area contributed by atoms with E-state index in [0.717, 1.165) is 11.3 Å². The van der Waals surface area contributed by atoms with Gasteiger partial charge in [0.25, 0.3) is 11.6 Å². The number of hydrogen-bond acceptors (Lipinski definition) is 7. The Labute approximate surface area is 156 Å². The third-order valence-corrected chi connectivity index (χ3v) is 4.95. The monoisotopic (exact) mass is 389 g/mol. The van der Waals surface area contributed by atoms with Crippen molar-refractivity contribution in [2.24, 2.45) is 12.0 Å². The summed E-state index contributed by atoms with van der Waals surface area (Å²) in [6.07, 6.45) is 1.56. The van der Waals surface area contributed by atoms with Crippen LogP contribution in [0, 0.1) is 17.0 Å². The van der Waals surface area contributed by atoms with E-state index in [-0.39, 0.29) is 17.0 Å². The fourth-order valence-electron chi connectivity index (χ4n) is 2.60. The molecule has 0 fully saturated rings. The first-order chi connectivity index (χ1) is 12.8. The van der Waals surface area contributed by atoms with Crippen molar-refractivity contribution in [1.29, 1.82) is 0 Å². The van der Waals surface area contributed by atoms with Crippen LogP contribution in [0.1, 0.15) is 16.1 Å². The number of nitro groups is 1. The molecule has 11 heteroatoms. The summed E-state index contributed by atoms with van der Waals surface area (Å²) in [5.74, 6) is -1.05. The Hall–Kier alpha value is -3.34. The van der Waals surface area contributed by atoms with Crippen molar-refractivity contribution in [3.05, 3.63) is 50.6 Å². The quantitative estimate of drug-likeness (QED) is 0.379. The molecule has 0 aliphatic rings. The van der Waals surface area contributed by atoms with Crippen LogP contribution in [-0.4, -0.2) is 38.3 Å². The number of thiazole rings is 1. The number of hydrogen-bond donors (Lipinski definition) is 0. The summed E-state index contributed by atoms with van der Waals surface area (Å²) in [7, 11) is 2.88. The number of non-ortho nitro benzene ring substituents is 1. The van der Waals surface area contributed by atoms with E-state index in [4.69, 9.17) is 4.74 Å². The number of ether oxygens (including phenoxy) is 1. The van der Waals surface area contributed by atoms with Gasteiger partial charge in [-0.25, -0.2) is 0 Å². The molecule has 1 aromatic carbocycles. The second kappa shape index (κ2) is 7.11. The maximum absolute atomic E-state index is 12.6. The van der Waals surface area contributed by atoms with E-state index in [2.05, 4.69) is 10.1 Å². The number of nitro benzene ring substituents is 1. The number of benzene rings is 1.